The van der Waals surface area contributed by atoms with E-state index in [1.54, 1.807) is 23.9 Å². The van der Waals surface area contributed by atoms with E-state index in [2.05, 4.69) is 41.5 Å². The fourth-order valence-electron chi connectivity index (χ4n) is 3.31. The fourth-order valence-corrected chi connectivity index (χ4v) is 4.34. The third-order valence-electron chi connectivity index (χ3n) is 5.30. The van der Waals surface area contributed by atoms with Gasteiger partial charge in [0.15, 0.2) is 0 Å². The third kappa shape index (κ3) is 6.28. The lowest BCUT2D eigenvalue weighted by atomic mass is 10.1. The minimum Gasteiger partial charge on any atom is -0.441 e. The molecule has 33 heavy (non-hydrogen) atoms. The topological polar surface area (TPSA) is 55.1 Å². The number of hydrogen-bond donors (Lipinski definition) is 1. The molecule has 4 aromatic rings. The van der Waals surface area contributed by atoms with Gasteiger partial charge in [-0.05, 0) is 74.4 Å². The Bertz CT molecular complexity index is 1220. The summed E-state index contributed by atoms with van der Waals surface area (Å²) in [5.41, 5.74) is 4.76. The van der Waals surface area contributed by atoms with E-state index in [-0.39, 0.29) is 5.91 Å². The third-order valence-corrected chi connectivity index (χ3v) is 6.57. The van der Waals surface area contributed by atoms with Crippen LogP contribution in [0.15, 0.2) is 82.1 Å². The normalized spacial score (nSPS) is 10.9. The van der Waals surface area contributed by atoms with Gasteiger partial charge in [-0.3, -0.25) is 4.79 Å². The highest BCUT2D eigenvalue weighted by molar-refractivity contribution is 7.98. The van der Waals surface area contributed by atoms with Crippen molar-refractivity contribution in [2.45, 2.75) is 30.9 Å². The highest BCUT2D eigenvalue weighted by Crippen LogP contribution is 2.28. The molecule has 6 heteroatoms. The van der Waals surface area contributed by atoms with Gasteiger partial charge in [-0.25, -0.2) is 4.98 Å². The van der Waals surface area contributed by atoms with Crippen LogP contribution in [0.5, 0.6) is 0 Å². The molecular weight excluding hydrogens is 452 g/mol. The molecule has 0 unspecified atom stereocenters. The maximum absolute atomic E-state index is 12.5. The molecule has 0 fully saturated rings. The Morgan fingerprint density at radius 2 is 1.67 bits per heavy atom. The Labute approximate surface area is 203 Å². The number of hydrogen-bond acceptors (Lipinski definition) is 4. The molecule has 168 valence electrons. The number of carbonyl (C=O) groups is 1. The van der Waals surface area contributed by atoms with E-state index >= 15 is 0 Å². The highest BCUT2D eigenvalue weighted by atomic mass is 35.5. The second-order valence-electron chi connectivity index (χ2n) is 7.83. The molecule has 0 aliphatic carbocycles. The highest BCUT2D eigenvalue weighted by Gasteiger charge is 2.13. The first-order valence-electron chi connectivity index (χ1n) is 10.8. The van der Waals surface area contributed by atoms with Gasteiger partial charge in [-0.2, -0.15) is 0 Å². The maximum atomic E-state index is 12.5. The Hall–Kier alpha value is -3.02. The van der Waals surface area contributed by atoms with Crippen LogP contribution in [-0.2, 0) is 12.2 Å². The maximum Gasteiger partial charge on any atom is 0.251 e. The van der Waals surface area contributed by atoms with Gasteiger partial charge in [0, 0.05) is 33.3 Å². The molecule has 0 atom stereocenters. The van der Waals surface area contributed by atoms with E-state index in [0.717, 1.165) is 34.8 Å². The van der Waals surface area contributed by atoms with Crippen molar-refractivity contribution < 1.29 is 9.21 Å². The van der Waals surface area contributed by atoms with Gasteiger partial charge in [-0.1, -0.05) is 41.4 Å². The van der Waals surface area contributed by atoms with Gasteiger partial charge < -0.3 is 9.73 Å². The molecule has 1 aromatic heterocycles. The smallest absolute Gasteiger partial charge is 0.251 e. The number of aryl methyl sites for hydroxylation is 2. The number of nitrogens with one attached hydrogen (secondary N) is 1. The van der Waals surface area contributed by atoms with Gasteiger partial charge >= 0.3 is 0 Å². The summed E-state index contributed by atoms with van der Waals surface area (Å²) in [5.74, 6) is 2.02. The number of amides is 1. The Kier molecular flexibility index (Phi) is 7.53. The molecule has 0 saturated heterocycles. The lowest BCUT2D eigenvalue weighted by Gasteiger charge is -2.06. The number of oxazole rings is 1. The second-order valence-corrected chi connectivity index (χ2v) is 9.32. The summed E-state index contributed by atoms with van der Waals surface area (Å²) in [6.45, 7) is 4.58. The van der Waals surface area contributed by atoms with Crippen LogP contribution in [0.2, 0.25) is 5.02 Å². The molecule has 4 rings (SSSR count). The predicted octanol–water partition coefficient (Wildman–Crippen LogP) is 6.88. The average molecular weight is 477 g/mol. The Morgan fingerprint density at radius 3 is 2.36 bits per heavy atom. The Balaban J connectivity index is 1.33. The van der Waals surface area contributed by atoms with Crippen LogP contribution in [0, 0.1) is 13.8 Å². The summed E-state index contributed by atoms with van der Waals surface area (Å²) in [7, 11) is 0. The number of thioether (sulfide) groups is 1. The Morgan fingerprint density at radius 1 is 0.970 bits per heavy atom. The minimum absolute atomic E-state index is 0.103. The molecule has 0 aliphatic heterocycles. The van der Waals surface area contributed by atoms with Crippen LogP contribution >= 0.6 is 23.4 Å². The van der Waals surface area contributed by atoms with Gasteiger partial charge in [0.05, 0.1) is 5.69 Å². The fraction of sp³-hybridized carbons (Fsp3) is 0.185. The summed E-state index contributed by atoms with van der Waals surface area (Å²) in [5, 5.41) is 3.67. The first kappa shape index (κ1) is 23.1. The van der Waals surface area contributed by atoms with E-state index < -0.39 is 0 Å². The van der Waals surface area contributed by atoms with Crippen molar-refractivity contribution in [1.29, 1.82) is 0 Å². The lowest BCUT2D eigenvalue weighted by Crippen LogP contribution is -2.25. The van der Waals surface area contributed by atoms with Crippen LogP contribution in [0.1, 0.15) is 32.9 Å². The van der Waals surface area contributed by atoms with Crippen molar-refractivity contribution in [3.63, 3.8) is 0 Å². The number of carbonyl (C=O) groups excluding carboxylic acids is 1. The number of aromatic nitrogens is 1. The van der Waals surface area contributed by atoms with Crippen molar-refractivity contribution in [2.75, 3.05) is 6.54 Å². The summed E-state index contributed by atoms with van der Waals surface area (Å²) < 4.78 is 5.90. The number of rotatable bonds is 8. The molecule has 0 aliphatic rings. The summed E-state index contributed by atoms with van der Waals surface area (Å²) >= 11 is 7.64. The van der Waals surface area contributed by atoms with E-state index in [1.807, 2.05) is 43.3 Å². The average Bonchev–Trinajstić information content (AvgIpc) is 3.20. The zero-order chi connectivity index (χ0) is 23.2. The molecule has 3 aromatic carbocycles. The molecule has 4 nitrogen and oxygen atoms in total. The number of halogens is 1. The van der Waals surface area contributed by atoms with Crippen LogP contribution in [0.25, 0.3) is 11.5 Å². The number of nitrogens with zero attached hydrogens (tertiary/aromatic N) is 1. The van der Waals surface area contributed by atoms with E-state index in [1.165, 1.54) is 10.5 Å². The molecule has 1 amide bonds. The summed E-state index contributed by atoms with van der Waals surface area (Å²) in [6.07, 6.45) is 0.750. The SMILES string of the molecule is Cc1ccc(SCc2nc(-c3ccc(C(=O)NCCc4ccc(Cl)cc4)cc3)oc2C)cc1. The lowest BCUT2D eigenvalue weighted by molar-refractivity contribution is 0.0954. The van der Waals surface area contributed by atoms with Crippen molar-refractivity contribution in [1.82, 2.24) is 10.3 Å². The van der Waals surface area contributed by atoms with E-state index in [4.69, 9.17) is 16.0 Å². The number of benzene rings is 3. The van der Waals surface area contributed by atoms with Crippen molar-refractivity contribution in [2.24, 2.45) is 0 Å². The molecule has 0 radical (unpaired) electrons. The first-order chi connectivity index (χ1) is 16.0. The quantitative estimate of drug-likeness (QED) is 0.282. The summed E-state index contributed by atoms with van der Waals surface area (Å²) in [4.78, 5) is 18.3. The van der Waals surface area contributed by atoms with E-state index in [0.29, 0.717) is 23.0 Å². The summed E-state index contributed by atoms with van der Waals surface area (Å²) in [6, 6.07) is 23.4. The monoisotopic (exact) mass is 476 g/mol. The predicted molar refractivity (Wildman–Crippen MR) is 135 cm³/mol. The molecule has 0 spiro atoms. The molecule has 0 saturated carbocycles. The standard InChI is InChI=1S/C27H25ClN2O2S/c1-18-3-13-24(14-4-18)33-17-25-19(2)32-27(30-25)22-9-7-21(8-10-22)26(31)29-16-15-20-5-11-23(28)12-6-20/h3-14H,15-17H2,1-2H3,(H,29,31). The van der Waals surface area contributed by atoms with Gasteiger partial charge in [0.1, 0.15) is 5.76 Å². The molecule has 0 bridgehead atoms. The van der Waals surface area contributed by atoms with Gasteiger partial charge in [0.25, 0.3) is 5.91 Å². The van der Waals surface area contributed by atoms with Crippen LogP contribution in [0.4, 0.5) is 0 Å². The molecule has 1 N–H and O–H groups in total. The first-order valence-corrected chi connectivity index (χ1v) is 12.1. The van der Waals surface area contributed by atoms with Crippen molar-refractivity contribution in [3.8, 4) is 11.5 Å². The van der Waals surface area contributed by atoms with Crippen LogP contribution in [-0.4, -0.2) is 17.4 Å². The van der Waals surface area contributed by atoms with Gasteiger partial charge in [0.2, 0.25) is 5.89 Å². The zero-order valence-corrected chi connectivity index (χ0v) is 20.2. The van der Waals surface area contributed by atoms with Crippen molar-refractivity contribution >= 4 is 29.3 Å². The second kappa shape index (κ2) is 10.7. The molecule has 1 heterocycles. The van der Waals surface area contributed by atoms with Crippen molar-refractivity contribution in [3.05, 3.63) is 106 Å². The van der Waals surface area contributed by atoms with Crippen LogP contribution in [0.3, 0.4) is 0 Å². The van der Waals surface area contributed by atoms with Crippen LogP contribution < -0.4 is 5.32 Å². The minimum atomic E-state index is -0.103. The van der Waals surface area contributed by atoms with Gasteiger partial charge in [-0.15, -0.1) is 11.8 Å². The largest absolute Gasteiger partial charge is 0.441 e. The van der Waals surface area contributed by atoms with E-state index in [9.17, 15) is 4.79 Å². The molecular formula is C27H25ClN2O2S. The zero-order valence-electron chi connectivity index (χ0n) is 18.6.